The Labute approximate surface area is 115 Å². The van der Waals surface area contributed by atoms with E-state index >= 15 is 0 Å². The van der Waals surface area contributed by atoms with Gasteiger partial charge in [0.05, 0.1) is 6.10 Å². The van der Waals surface area contributed by atoms with Crippen molar-refractivity contribution in [3.05, 3.63) is 0 Å². The fraction of sp³-hybridized carbons (Fsp3) is 0.929. The largest absolute Gasteiger partial charge is 0.393 e. The number of nitrogens with one attached hydrogen (secondary N) is 1. The summed E-state index contributed by atoms with van der Waals surface area (Å²) in [6.07, 6.45) is 4.38. The second-order valence-corrected chi connectivity index (χ2v) is 5.87. The van der Waals surface area contributed by atoms with E-state index in [0.717, 1.165) is 51.7 Å². The third kappa shape index (κ3) is 4.16. The lowest BCUT2D eigenvalue weighted by Gasteiger charge is -2.29. The minimum absolute atomic E-state index is 0.0269. The minimum Gasteiger partial charge on any atom is -0.393 e. The molecule has 1 unspecified atom stereocenters. The van der Waals surface area contributed by atoms with Gasteiger partial charge in [0, 0.05) is 26.2 Å². The monoisotopic (exact) mass is 270 g/mol. The van der Waals surface area contributed by atoms with Gasteiger partial charge in [-0.2, -0.15) is 0 Å². The maximum atomic E-state index is 12.0. The molecule has 0 aromatic carbocycles. The SMILES string of the molecule is CC1(C(=O)NCCCN2CCC(O)CC2)CCCO1. The first kappa shape index (κ1) is 14.8. The van der Waals surface area contributed by atoms with E-state index in [9.17, 15) is 9.90 Å². The Morgan fingerprint density at radius 3 is 2.84 bits per heavy atom. The van der Waals surface area contributed by atoms with E-state index in [1.54, 1.807) is 0 Å². The Kier molecular flexibility index (Phi) is 5.19. The van der Waals surface area contributed by atoms with Gasteiger partial charge in [-0.1, -0.05) is 0 Å². The Bertz CT molecular complexity index is 295. The first-order valence-corrected chi connectivity index (χ1v) is 7.43. The summed E-state index contributed by atoms with van der Waals surface area (Å²) in [5.74, 6) is 0.0269. The van der Waals surface area contributed by atoms with E-state index in [0.29, 0.717) is 13.2 Å². The highest BCUT2D eigenvalue weighted by atomic mass is 16.5. The fourth-order valence-electron chi connectivity index (χ4n) is 2.79. The van der Waals surface area contributed by atoms with Gasteiger partial charge in [-0.05, 0) is 45.6 Å². The number of ether oxygens (including phenoxy) is 1. The zero-order valence-corrected chi connectivity index (χ0v) is 11.9. The van der Waals surface area contributed by atoms with Crippen LogP contribution in [0.15, 0.2) is 0 Å². The van der Waals surface area contributed by atoms with Gasteiger partial charge in [-0.25, -0.2) is 0 Å². The third-order valence-corrected chi connectivity index (χ3v) is 4.19. The van der Waals surface area contributed by atoms with Gasteiger partial charge < -0.3 is 20.1 Å². The molecule has 0 bridgehead atoms. The number of piperidine rings is 1. The predicted octanol–water partition coefficient (Wildman–Crippen LogP) is 0.519. The molecule has 0 aromatic heterocycles. The second kappa shape index (κ2) is 6.68. The number of hydrogen-bond acceptors (Lipinski definition) is 4. The number of aliphatic hydroxyl groups excluding tert-OH is 1. The fourth-order valence-corrected chi connectivity index (χ4v) is 2.79. The highest BCUT2D eigenvalue weighted by molar-refractivity contribution is 5.84. The van der Waals surface area contributed by atoms with Crippen molar-refractivity contribution < 1.29 is 14.6 Å². The molecule has 5 nitrogen and oxygen atoms in total. The lowest BCUT2D eigenvalue weighted by atomic mass is 10.0. The van der Waals surface area contributed by atoms with Gasteiger partial charge in [-0.3, -0.25) is 4.79 Å². The van der Waals surface area contributed by atoms with Crippen LogP contribution in [0.25, 0.3) is 0 Å². The normalized spacial score (nSPS) is 29.6. The summed E-state index contributed by atoms with van der Waals surface area (Å²) in [5, 5.41) is 12.4. The molecule has 2 rings (SSSR count). The molecule has 110 valence electrons. The van der Waals surface area contributed by atoms with Crippen molar-refractivity contribution in [1.82, 2.24) is 10.2 Å². The van der Waals surface area contributed by atoms with Gasteiger partial charge in [0.2, 0.25) is 0 Å². The van der Waals surface area contributed by atoms with Crippen molar-refractivity contribution in [3.63, 3.8) is 0 Å². The van der Waals surface area contributed by atoms with Crippen LogP contribution in [0, 0.1) is 0 Å². The van der Waals surface area contributed by atoms with Gasteiger partial charge in [0.1, 0.15) is 5.60 Å². The topological polar surface area (TPSA) is 61.8 Å². The molecule has 0 aromatic rings. The molecule has 0 aliphatic carbocycles. The summed E-state index contributed by atoms with van der Waals surface area (Å²) in [4.78, 5) is 14.3. The van der Waals surface area contributed by atoms with E-state index in [1.165, 1.54) is 0 Å². The molecule has 2 fully saturated rings. The molecule has 2 heterocycles. The lowest BCUT2D eigenvalue weighted by molar-refractivity contribution is -0.139. The van der Waals surface area contributed by atoms with Crippen LogP contribution < -0.4 is 5.32 Å². The summed E-state index contributed by atoms with van der Waals surface area (Å²) < 4.78 is 5.51. The smallest absolute Gasteiger partial charge is 0.251 e. The molecule has 1 atom stereocenters. The Hall–Kier alpha value is -0.650. The van der Waals surface area contributed by atoms with Crippen LogP contribution in [0.4, 0.5) is 0 Å². The van der Waals surface area contributed by atoms with E-state index in [2.05, 4.69) is 10.2 Å². The van der Waals surface area contributed by atoms with Crippen molar-refractivity contribution in [1.29, 1.82) is 0 Å². The molecule has 2 aliphatic heterocycles. The molecular formula is C14H26N2O3. The van der Waals surface area contributed by atoms with Crippen LogP contribution in [0.5, 0.6) is 0 Å². The number of rotatable bonds is 5. The lowest BCUT2D eigenvalue weighted by Crippen LogP contribution is -2.45. The van der Waals surface area contributed by atoms with Crippen LogP contribution in [-0.4, -0.2) is 60.4 Å². The van der Waals surface area contributed by atoms with E-state index in [4.69, 9.17) is 4.74 Å². The minimum atomic E-state index is -0.602. The van der Waals surface area contributed by atoms with Crippen LogP contribution in [-0.2, 0) is 9.53 Å². The summed E-state index contributed by atoms with van der Waals surface area (Å²) in [6, 6.07) is 0. The van der Waals surface area contributed by atoms with Crippen molar-refractivity contribution in [2.45, 2.75) is 50.7 Å². The number of likely N-dealkylation sites (tertiary alicyclic amines) is 1. The van der Waals surface area contributed by atoms with E-state index < -0.39 is 5.60 Å². The molecule has 0 radical (unpaired) electrons. The first-order valence-electron chi connectivity index (χ1n) is 7.43. The van der Waals surface area contributed by atoms with Crippen molar-refractivity contribution in [3.8, 4) is 0 Å². The van der Waals surface area contributed by atoms with Crippen molar-refractivity contribution in [2.75, 3.05) is 32.8 Å². The molecule has 0 spiro atoms. The number of carbonyl (C=O) groups is 1. The highest BCUT2D eigenvalue weighted by Crippen LogP contribution is 2.24. The molecule has 2 N–H and O–H groups in total. The van der Waals surface area contributed by atoms with Crippen molar-refractivity contribution in [2.24, 2.45) is 0 Å². The van der Waals surface area contributed by atoms with Crippen molar-refractivity contribution >= 4 is 5.91 Å². The summed E-state index contributed by atoms with van der Waals surface area (Å²) in [6.45, 7) is 6.20. The third-order valence-electron chi connectivity index (χ3n) is 4.19. The number of nitrogens with zero attached hydrogens (tertiary/aromatic N) is 1. The Balaban J connectivity index is 1.58. The quantitative estimate of drug-likeness (QED) is 0.715. The zero-order valence-electron chi connectivity index (χ0n) is 11.9. The maximum Gasteiger partial charge on any atom is 0.251 e. The first-order chi connectivity index (χ1) is 9.10. The number of amides is 1. The van der Waals surface area contributed by atoms with Gasteiger partial charge in [0.25, 0.3) is 5.91 Å². The van der Waals surface area contributed by atoms with E-state index in [1.807, 2.05) is 6.92 Å². The summed E-state index contributed by atoms with van der Waals surface area (Å²) in [5.41, 5.74) is -0.602. The van der Waals surface area contributed by atoms with Gasteiger partial charge >= 0.3 is 0 Å². The molecule has 19 heavy (non-hydrogen) atoms. The predicted molar refractivity (Wildman–Crippen MR) is 72.9 cm³/mol. The zero-order chi connectivity index (χ0) is 13.7. The van der Waals surface area contributed by atoms with Crippen LogP contribution in [0.3, 0.4) is 0 Å². The standard InChI is InChI=1S/C14H26N2O3/c1-14(6-2-11-19-14)13(18)15-7-3-8-16-9-4-12(17)5-10-16/h12,17H,2-11H2,1H3,(H,15,18). The van der Waals surface area contributed by atoms with Gasteiger partial charge in [-0.15, -0.1) is 0 Å². The summed E-state index contributed by atoms with van der Waals surface area (Å²) >= 11 is 0. The molecule has 2 aliphatic rings. The Morgan fingerprint density at radius 1 is 1.47 bits per heavy atom. The number of aliphatic hydroxyl groups is 1. The average Bonchev–Trinajstić information content (AvgIpc) is 2.85. The Morgan fingerprint density at radius 2 is 2.21 bits per heavy atom. The van der Waals surface area contributed by atoms with Gasteiger partial charge in [0.15, 0.2) is 0 Å². The molecule has 2 saturated heterocycles. The number of hydrogen-bond donors (Lipinski definition) is 2. The highest BCUT2D eigenvalue weighted by Gasteiger charge is 2.37. The van der Waals surface area contributed by atoms with Crippen LogP contribution in [0.1, 0.15) is 39.0 Å². The molecule has 5 heteroatoms. The van der Waals surface area contributed by atoms with Crippen LogP contribution in [0.2, 0.25) is 0 Å². The van der Waals surface area contributed by atoms with Crippen LogP contribution >= 0.6 is 0 Å². The molecule has 1 amide bonds. The van der Waals surface area contributed by atoms with E-state index in [-0.39, 0.29) is 12.0 Å². The average molecular weight is 270 g/mol. The molecular weight excluding hydrogens is 244 g/mol. The second-order valence-electron chi connectivity index (χ2n) is 5.87. The molecule has 0 saturated carbocycles. The summed E-state index contributed by atoms with van der Waals surface area (Å²) in [7, 11) is 0. The maximum absolute atomic E-state index is 12.0. The number of carbonyl (C=O) groups excluding carboxylic acids is 1.